The number of hydrogen-bond donors (Lipinski definition) is 3. The number of aromatic amines is 1. The van der Waals surface area contributed by atoms with Gasteiger partial charge < -0.3 is 15.6 Å². The van der Waals surface area contributed by atoms with Crippen molar-refractivity contribution in [1.82, 2.24) is 15.2 Å². The zero-order chi connectivity index (χ0) is 11.3. The molecule has 1 rings (SSSR count). The number of rotatable bonds is 5. The van der Waals surface area contributed by atoms with Crippen molar-refractivity contribution in [1.29, 1.82) is 0 Å². The number of aromatic nitrogens is 3. The number of nitrogens with zero attached hydrogens (tertiary/aromatic N) is 2. The van der Waals surface area contributed by atoms with Crippen molar-refractivity contribution in [3.8, 4) is 0 Å². The first-order valence-electron chi connectivity index (χ1n) is 4.66. The largest absolute Gasteiger partial charge is 0.460 e. The summed E-state index contributed by atoms with van der Waals surface area (Å²) >= 11 is 0. The molecule has 0 radical (unpaired) electrons. The minimum absolute atomic E-state index is 0.0806. The van der Waals surface area contributed by atoms with Crippen LogP contribution < -0.4 is 5.73 Å². The van der Waals surface area contributed by atoms with Gasteiger partial charge in [0.15, 0.2) is 5.82 Å². The molecule has 0 fully saturated rings. The Bertz CT molecular complexity index is 325. The van der Waals surface area contributed by atoms with Crippen LogP contribution in [0.3, 0.4) is 0 Å². The molecule has 0 aliphatic heterocycles. The van der Waals surface area contributed by atoms with Gasteiger partial charge in [0.05, 0.1) is 6.61 Å². The van der Waals surface area contributed by atoms with E-state index in [0.29, 0.717) is 13.0 Å². The molecule has 1 heterocycles. The third-order valence-electron chi connectivity index (χ3n) is 1.72. The summed E-state index contributed by atoms with van der Waals surface area (Å²) in [5, 5.41) is 15.6. The van der Waals surface area contributed by atoms with E-state index in [2.05, 4.69) is 15.2 Å². The number of esters is 1. The van der Waals surface area contributed by atoms with E-state index in [-0.39, 0.29) is 18.3 Å². The SMILES string of the molecule is CCOC(=O)c1n[nH]c(C(O)CCN)n1. The van der Waals surface area contributed by atoms with Crippen molar-refractivity contribution in [2.45, 2.75) is 19.4 Å². The summed E-state index contributed by atoms with van der Waals surface area (Å²) in [6, 6.07) is 0. The van der Waals surface area contributed by atoms with Crippen molar-refractivity contribution in [2.24, 2.45) is 5.73 Å². The van der Waals surface area contributed by atoms with Crippen LogP contribution in [-0.4, -0.2) is 39.4 Å². The van der Waals surface area contributed by atoms with Gasteiger partial charge in [-0.2, -0.15) is 0 Å². The standard InChI is InChI=1S/C8H14N4O3/c1-2-15-8(14)7-10-6(11-12-7)5(13)3-4-9/h5,13H,2-4,9H2,1H3,(H,10,11,12). The van der Waals surface area contributed by atoms with Crippen molar-refractivity contribution >= 4 is 5.97 Å². The molecule has 1 aromatic heterocycles. The molecule has 7 heteroatoms. The van der Waals surface area contributed by atoms with Crippen LogP contribution in [0, 0.1) is 0 Å². The molecule has 4 N–H and O–H groups in total. The second-order valence-corrected chi connectivity index (χ2v) is 2.86. The second kappa shape index (κ2) is 5.42. The Labute approximate surface area is 86.6 Å². The quantitative estimate of drug-likeness (QED) is 0.562. The lowest BCUT2D eigenvalue weighted by atomic mass is 10.2. The van der Waals surface area contributed by atoms with Gasteiger partial charge in [-0.15, -0.1) is 5.10 Å². The first-order valence-corrected chi connectivity index (χ1v) is 4.66. The summed E-state index contributed by atoms with van der Waals surface area (Å²) in [5.41, 5.74) is 5.27. The molecule has 0 amide bonds. The maximum atomic E-state index is 11.2. The van der Waals surface area contributed by atoms with E-state index in [0.717, 1.165) is 0 Å². The number of nitrogens with one attached hydrogen (secondary N) is 1. The highest BCUT2D eigenvalue weighted by Crippen LogP contribution is 2.10. The molecule has 0 bridgehead atoms. The van der Waals surface area contributed by atoms with E-state index in [9.17, 15) is 9.90 Å². The summed E-state index contributed by atoms with van der Waals surface area (Å²) in [7, 11) is 0. The maximum Gasteiger partial charge on any atom is 0.378 e. The molecule has 0 saturated heterocycles. The van der Waals surface area contributed by atoms with Crippen molar-refractivity contribution in [3.63, 3.8) is 0 Å². The number of carbonyl (C=O) groups is 1. The molecule has 1 atom stereocenters. The molecule has 0 saturated carbocycles. The molecule has 7 nitrogen and oxygen atoms in total. The monoisotopic (exact) mass is 214 g/mol. The van der Waals surface area contributed by atoms with Crippen molar-refractivity contribution in [2.75, 3.05) is 13.2 Å². The number of aliphatic hydroxyl groups excluding tert-OH is 1. The number of H-pyrrole nitrogens is 1. The number of hydrogen-bond acceptors (Lipinski definition) is 6. The lowest BCUT2D eigenvalue weighted by Gasteiger charge is -2.02. The summed E-state index contributed by atoms with van der Waals surface area (Å²) in [4.78, 5) is 15.0. The summed E-state index contributed by atoms with van der Waals surface area (Å²) in [6.07, 6.45) is -0.469. The van der Waals surface area contributed by atoms with E-state index >= 15 is 0 Å². The molecule has 0 spiro atoms. The predicted molar refractivity (Wildman–Crippen MR) is 51.0 cm³/mol. The van der Waals surface area contributed by atoms with E-state index < -0.39 is 12.1 Å². The van der Waals surface area contributed by atoms with E-state index in [1.807, 2.05) is 0 Å². The number of ether oxygens (including phenoxy) is 1. The zero-order valence-electron chi connectivity index (χ0n) is 8.43. The van der Waals surface area contributed by atoms with Gasteiger partial charge in [-0.05, 0) is 19.9 Å². The zero-order valence-corrected chi connectivity index (χ0v) is 8.43. The van der Waals surface area contributed by atoms with Gasteiger partial charge in [0.25, 0.3) is 5.82 Å². The van der Waals surface area contributed by atoms with E-state index in [1.165, 1.54) is 0 Å². The molecule has 1 unspecified atom stereocenters. The Morgan fingerprint density at radius 1 is 1.73 bits per heavy atom. The van der Waals surface area contributed by atoms with Gasteiger partial charge in [0.1, 0.15) is 6.10 Å². The maximum absolute atomic E-state index is 11.2. The summed E-state index contributed by atoms with van der Waals surface area (Å²) in [5.74, 6) is -0.466. The lowest BCUT2D eigenvalue weighted by molar-refractivity contribution is 0.0512. The van der Waals surface area contributed by atoms with E-state index in [1.54, 1.807) is 6.92 Å². The number of carbonyl (C=O) groups excluding carboxylic acids is 1. The van der Waals surface area contributed by atoms with Gasteiger partial charge in [0, 0.05) is 0 Å². The van der Waals surface area contributed by atoms with Gasteiger partial charge in [-0.25, -0.2) is 9.78 Å². The summed E-state index contributed by atoms with van der Waals surface area (Å²) in [6.45, 7) is 2.28. The molecule has 84 valence electrons. The molecule has 15 heavy (non-hydrogen) atoms. The van der Waals surface area contributed by atoms with Crippen LogP contribution >= 0.6 is 0 Å². The highest BCUT2D eigenvalue weighted by molar-refractivity contribution is 5.84. The van der Waals surface area contributed by atoms with Crippen LogP contribution in [0.2, 0.25) is 0 Å². The third kappa shape index (κ3) is 3.00. The second-order valence-electron chi connectivity index (χ2n) is 2.86. The fraction of sp³-hybridized carbons (Fsp3) is 0.625. The van der Waals surface area contributed by atoms with Crippen LogP contribution in [0.25, 0.3) is 0 Å². The normalized spacial score (nSPS) is 12.5. The average Bonchev–Trinajstić information content (AvgIpc) is 2.67. The lowest BCUT2D eigenvalue weighted by Crippen LogP contribution is -2.09. The average molecular weight is 214 g/mol. The first-order chi connectivity index (χ1) is 7.19. The highest BCUT2D eigenvalue weighted by Gasteiger charge is 2.17. The molecular formula is C8H14N4O3. The molecule has 0 aliphatic rings. The fourth-order valence-corrected chi connectivity index (χ4v) is 1.00. The van der Waals surface area contributed by atoms with Gasteiger partial charge in [-0.1, -0.05) is 0 Å². The third-order valence-corrected chi connectivity index (χ3v) is 1.72. The minimum atomic E-state index is -0.828. The Hall–Kier alpha value is -1.47. The van der Waals surface area contributed by atoms with Crippen LogP contribution in [0.4, 0.5) is 0 Å². The van der Waals surface area contributed by atoms with E-state index in [4.69, 9.17) is 10.5 Å². The Kier molecular flexibility index (Phi) is 4.19. The minimum Gasteiger partial charge on any atom is -0.460 e. The van der Waals surface area contributed by atoms with Gasteiger partial charge in [0.2, 0.25) is 0 Å². The highest BCUT2D eigenvalue weighted by atomic mass is 16.5. The Morgan fingerprint density at radius 3 is 3.07 bits per heavy atom. The molecular weight excluding hydrogens is 200 g/mol. The van der Waals surface area contributed by atoms with Gasteiger partial charge in [-0.3, -0.25) is 5.10 Å². The van der Waals surface area contributed by atoms with Crippen molar-refractivity contribution < 1.29 is 14.6 Å². The summed E-state index contributed by atoms with van der Waals surface area (Å²) < 4.78 is 4.69. The van der Waals surface area contributed by atoms with Crippen LogP contribution in [0.5, 0.6) is 0 Å². The van der Waals surface area contributed by atoms with Crippen molar-refractivity contribution in [3.05, 3.63) is 11.6 Å². The Balaban J connectivity index is 2.67. The number of aliphatic hydroxyl groups is 1. The Morgan fingerprint density at radius 2 is 2.47 bits per heavy atom. The predicted octanol–water partition coefficient (Wildman–Crippen LogP) is -0.636. The van der Waals surface area contributed by atoms with Crippen LogP contribution in [-0.2, 0) is 4.74 Å². The van der Waals surface area contributed by atoms with Crippen LogP contribution in [0.1, 0.15) is 35.9 Å². The smallest absolute Gasteiger partial charge is 0.378 e. The molecule has 0 aromatic carbocycles. The van der Waals surface area contributed by atoms with Crippen LogP contribution in [0.15, 0.2) is 0 Å². The molecule has 0 aliphatic carbocycles. The molecule has 1 aromatic rings. The fourth-order valence-electron chi connectivity index (χ4n) is 1.00. The first kappa shape index (κ1) is 11.6. The number of nitrogens with two attached hydrogens (primary N) is 1. The van der Waals surface area contributed by atoms with Gasteiger partial charge >= 0.3 is 5.97 Å². The topological polar surface area (TPSA) is 114 Å².